The third-order valence-corrected chi connectivity index (χ3v) is 7.21. The van der Waals surface area contributed by atoms with Gasteiger partial charge in [0.05, 0.1) is 0 Å². The number of aromatic nitrogens is 1. The van der Waals surface area contributed by atoms with Gasteiger partial charge in [0.25, 0.3) is 5.91 Å². The zero-order valence-corrected chi connectivity index (χ0v) is 25.5. The number of hydrogen-bond acceptors (Lipinski definition) is 6. The van der Waals surface area contributed by atoms with Crippen molar-refractivity contribution in [2.75, 3.05) is 6.54 Å². The Bertz CT molecular complexity index is 1260. The van der Waals surface area contributed by atoms with E-state index in [9.17, 15) is 24.3 Å². The van der Waals surface area contributed by atoms with Crippen LogP contribution in [0.3, 0.4) is 0 Å². The first-order chi connectivity index (χ1) is 19.7. The van der Waals surface area contributed by atoms with Gasteiger partial charge in [-0.25, -0.2) is 14.6 Å². The van der Waals surface area contributed by atoms with Gasteiger partial charge in [-0.2, -0.15) is 0 Å². The lowest BCUT2D eigenvalue weighted by Crippen LogP contribution is -2.46. The van der Waals surface area contributed by atoms with Crippen molar-refractivity contribution in [3.8, 4) is 11.1 Å². The van der Waals surface area contributed by atoms with Crippen LogP contribution in [0, 0.1) is 18.8 Å². The quantitative estimate of drug-likeness (QED) is 0.320. The van der Waals surface area contributed by atoms with Crippen molar-refractivity contribution in [2.24, 2.45) is 11.8 Å². The average Bonchev–Trinajstić information content (AvgIpc) is 2.91. The molecule has 1 aromatic carbocycles. The van der Waals surface area contributed by atoms with Crippen molar-refractivity contribution < 1.29 is 29.0 Å². The van der Waals surface area contributed by atoms with Crippen LogP contribution in [0.15, 0.2) is 36.4 Å². The Labute approximate surface area is 248 Å². The molecule has 3 rings (SSSR count). The van der Waals surface area contributed by atoms with Gasteiger partial charge in [-0.15, -0.1) is 0 Å². The average molecular weight is 581 g/mol. The van der Waals surface area contributed by atoms with E-state index in [0.29, 0.717) is 30.8 Å². The molecule has 1 aliphatic carbocycles. The first-order valence-electron chi connectivity index (χ1n) is 14.6. The number of amides is 3. The Balaban J connectivity index is 1.53. The second-order valence-corrected chi connectivity index (χ2v) is 12.4. The predicted octanol–water partition coefficient (Wildman–Crippen LogP) is 4.64. The van der Waals surface area contributed by atoms with Crippen molar-refractivity contribution in [3.05, 3.63) is 53.3 Å². The summed E-state index contributed by atoms with van der Waals surface area (Å²) in [6, 6.07) is 9.99. The van der Waals surface area contributed by atoms with Crippen molar-refractivity contribution in [3.63, 3.8) is 0 Å². The fourth-order valence-electron chi connectivity index (χ4n) is 5.05. The van der Waals surface area contributed by atoms with E-state index in [1.807, 2.05) is 71.9 Å². The summed E-state index contributed by atoms with van der Waals surface area (Å²) in [5.74, 6) is -1.56. The van der Waals surface area contributed by atoms with Crippen molar-refractivity contribution in [2.45, 2.75) is 91.3 Å². The highest BCUT2D eigenvalue weighted by atomic mass is 16.6. The standard InChI is InChI=1S/C32H44N4O6/c1-19(2)34-29(38)26-16-15-25(20(3)35-26)23-11-7-21(8-12-23)17-27(30(39)40)36-28(37)24-13-9-22(10-14-24)18-33-31(41)42-32(4,5)6/h7-8,11-12,15-16,19,22,24,27H,9-10,13-14,17-18H2,1-6H3,(H,33,41)(H,34,38)(H,36,37)(H,39,40)/t22-,24-,27-/m0/s1. The number of carboxylic acid groups (broad SMARTS) is 1. The van der Waals surface area contributed by atoms with Crippen LogP contribution in [0.1, 0.15) is 82.0 Å². The third kappa shape index (κ3) is 9.85. The lowest BCUT2D eigenvalue weighted by molar-refractivity contribution is -0.142. The van der Waals surface area contributed by atoms with E-state index in [1.165, 1.54) is 0 Å². The Kier molecular flexibility index (Phi) is 11.1. The highest BCUT2D eigenvalue weighted by molar-refractivity contribution is 5.93. The molecule has 2 aromatic rings. The number of carboxylic acids is 1. The number of hydrogen-bond donors (Lipinski definition) is 4. The summed E-state index contributed by atoms with van der Waals surface area (Å²) in [5, 5.41) is 18.2. The van der Waals surface area contributed by atoms with Crippen LogP contribution in [0.4, 0.5) is 4.79 Å². The number of alkyl carbamates (subject to hydrolysis) is 1. The first-order valence-corrected chi connectivity index (χ1v) is 14.6. The molecule has 3 amide bonds. The highest BCUT2D eigenvalue weighted by Gasteiger charge is 2.30. The van der Waals surface area contributed by atoms with Crippen LogP contribution in [-0.2, 0) is 20.7 Å². The zero-order valence-electron chi connectivity index (χ0n) is 25.5. The molecule has 4 N–H and O–H groups in total. The zero-order chi connectivity index (χ0) is 31.0. The molecule has 1 saturated carbocycles. The molecule has 1 heterocycles. The lowest BCUT2D eigenvalue weighted by Gasteiger charge is -2.29. The summed E-state index contributed by atoms with van der Waals surface area (Å²) in [6.45, 7) is 11.5. The Morgan fingerprint density at radius 3 is 2.17 bits per heavy atom. The van der Waals surface area contributed by atoms with E-state index in [0.717, 1.165) is 29.5 Å². The molecule has 0 aliphatic heterocycles. The lowest BCUT2D eigenvalue weighted by atomic mass is 9.81. The van der Waals surface area contributed by atoms with Crippen LogP contribution < -0.4 is 16.0 Å². The predicted molar refractivity (Wildman–Crippen MR) is 160 cm³/mol. The molecule has 0 bridgehead atoms. The topological polar surface area (TPSA) is 147 Å². The number of benzene rings is 1. The van der Waals surface area contributed by atoms with Gasteiger partial charge in [0.2, 0.25) is 5.91 Å². The third-order valence-electron chi connectivity index (χ3n) is 7.21. The highest BCUT2D eigenvalue weighted by Crippen LogP contribution is 2.29. The monoisotopic (exact) mass is 580 g/mol. The molecular weight excluding hydrogens is 536 g/mol. The van der Waals surface area contributed by atoms with Gasteiger partial charge in [-0.1, -0.05) is 30.3 Å². The van der Waals surface area contributed by atoms with Gasteiger partial charge in [0, 0.05) is 36.2 Å². The van der Waals surface area contributed by atoms with Crippen LogP contribution in [-0.4, -0.2) is 58.2 Å². The van der Waals surface area contributed by atoms with Gasteiger partial charge in [0.1, 0.15) is 17.3 Å². The number of carbonyl (C=O) groups is 4. The van der Waals surface area contributed by atoms with E-state index in [4.69, 9.17) is 4.74 Å². The molecule has 0 saturated heterocycles. The van der Waals surface area contributed by atoms with Gasteiger partial charge in [-0.05, 0) is 90.3 Å². The summed E-state index contributed by atoms with van der Waals surface area (Å²) in [4.78, 5) is 53.6. The molecule has 1 aromatic heterocycles. The van der Waals surface area contributed by atoms with Gasteiger partial charge >= 0.3 is 12.1 Å². The molecule has 1 atom stereocenters. The molecule has 0 radical (unpaired) electrons. The molecule has 10 nitrogen and oxygen atoms in total. The molecular formula is C32H44N4O6. The van der Waals surface area contributed by atoms with Crippen molar-refractivity contribution >= 4 is 23.9 Å². The maximum Gasteiger partial charge on any atom is 0.407 e. The fraction of sp³-hybridized carbons (Fsp3) is 0.531. The second-order valence-electron chi connectivity index (χ2n) is 12.4. The first kappa shape index (κ1) is 32.6. The number of pyridine rings is 1. The molecule has 1 fully saturated rings. The molecule has 10 heteroatoms. The van der Waals surface area contributed by atoms with Crippen molar-refractivity contribution in [1.82, 2.24) is 20.9 Å². The minimum Gasteiger partial charge on any atom is -0.480 e. The molecule has 0 unspecified atom stereocenters. The van der Waals surface area contributed by atoms with Crippen LogP contribution in [0.5, 0.6) is 0 Å². The number of nitrogens with one attached hydrogen (secondary N) is 3. The summed E-state index contributed by atoms with van der Waals surface area (Å²) in [5.41, 5.74) is 3.06. The number of rotatable bonds is 10. The Morgan fingerprint density at radius 2 is 1.62 bits per heavy atom. The number of aryl methyl sites for hydroxylation is 1. The van der Waals surface area contributed by atoms with E-state index in [1.54, 1.807) is 6.07 Å². The molecule has 1 aliphatic rings. The largest absolute Gasteiger partial charge is 0.480 e. The Morgan fingerprint density at radius 1 is 0.976 bits per heavy atom. The van der Waals surface area contributed by atoms with Crippen LogP contribution >= 0.6 is 0 Å². The second kappa shape index (κ2) is 14.3. The van der Waals surface area contributed by atoms with E-state index < -0.39 is 23.7 Å². The maximum atomic E-state index is 12.9. The molecule has 228 valence electrons. The van der Waals surface area contributed by atoms with E-state index >= 15 is 0 Å². The number of ether oxygens (including phenoxy) is 1. The molecule has 42 heavy (non-hydrogen) atoms. The smallest absolute Gasteiger partial charge is 0.407 e. The SMILES string of the molecule is Cc1nc(C(=O)NC(C)C)ccc1-c1ccc(C[C@H](NC(=O)[C@H]2CC[C@H](CNC(=O)OC(C)(C)C)CC2)C(=O)O)cc1. The van der Waals surface area contributed by atoms with E-state index in [-0.39, 0.29) is 36.1 Å². The normalized spacial score (nSPS) is 17.7. The van der Waals surface area contributed by atoms with Crippen molar-refractivity contribution in [1.29, 1.82) is 0 Å². The van der Waals surface area contributed by atoms with Crippen LogP contribution in [0.2, 0.25) is 0 Å². The summed E-state index contributed by atoms with van der Waals surface area (Å²) >= 11 is 0. The van der Waals surface area contributed by atoms with Gasteiger partial charge in [-0.3, -0.25) is 9.59 Å². The minimum atomic E-state index is -1.09. The summed E-state index contributed by atoms with van der Waals surface area (Å²) < 4.78 is 5.27. The number of carbonyl (C=O) groups excluding carboxylic acids is 3. The number of aliphatic carboxylic acids is 1. The summed E-state index contributed by atoms with van der Waals surface area (Å²) in [6.07, 6.45) is 2.52. The number of nitrogens with zero attached hydrogens (tertiary/aromatic N) is 1. The maximum absolute atomic E-state index is 12.9. The van der Waals surface area contributed by atoms with Gasteiger partial charge < -0.3 is 25.8 Å². The Hall–Kier alpha value is -3.95. The summed E-state index contributed by atoms with van der Waals surface area (Å²) in [7, 11) is 0. The minimum absolute atomic E-state index is 0.0149. The van der Waals surface area contributed by atoms with E-state index in [2.05, 4.69) is 20.9 Å². The van der Waals surface area contributed by atoms with Gasteiger partial charge in [0.15, 0.2) is 0 Å². The molecule has 0 spiro atoms. The van der Waals surface area contributed by atoms with Crippen LogP contribution in [0.25, 0.3) is 11.1 Å². The fourth-order valence-corrected chi connectivity index (χ4v) is 5.05.